The van der Waals surface area contributed by atoms with E-state index in [-0.39, 0.29) is 11.6 Å². The van der Waals surface area contributed by atoms with Crippen LogP contribution in [0.15, 0.2) is 83.5 Å². The van der Waals surface area contributed by atoms with E-state index >= 15 is 0 Å². The molecular formula is C24H17Cl2NO3. The summed E-state index contributed by atoms with van der Waals surface area (Å²) < 4.78 is 11.3. The second-order valence-corrected chi connectivity index (χ2v) is 7.43. The van der Waals surface area contributed by atoms with Gasteiger partial charge in [-0.15, -0.1) is 0 Å². The highest BCUT2D eigenvalue weighted by atomic mass is 35.5. The van der Waals surface area contributed by atoms with Crippen LogP contribution in [0.2, 0.25) is 10.0 Å². The lowest BCUT2D eigenvalue weighted by Crippen LogP contribution is -2.06. The van der Waals surface area contributed by atoms with Gasteiger partial charge in [0.05, 0.1) is 17.2 Å². The van der Waals surface area contributed by atoms with Crippen molar-refractivity contribution < 1.29 is 14.3 Å². The Morgan fingerprint density at radius 2 is 1.73 bits per heavy atom. The third kappa shape index (κ3) is 4.73. The van der Waals surface area contributed by atoms with Gasteiger partial charge < -0.3 is 9.47 Å². The molecule has 6 heteroatoms. The van der Waals surface area contributed by atoms with Gasteiger partial charge in [-0.25, -0.2) is 9.79 Å². The third-order valence-corrected chi connectivity index (χ3v) is 5.03. The molecule has 0 aromatic heterocycles. The average molecular weight is 438 g/mol. The third-order valence-electron chi connectivity index (χ3n) is 4.48. The molecule has 0 bridgehead atoms. The van der Waals surface area contributed by atoms with E-state index in [4.69, 9.17) is 32.7 Å². The van der Waals surface area contributed by atoms with Crippen molar-refractivity contribution in [1.82, 2.24) is 0 Å². The van der Waals surface area contributed by atoms with Crippen molar-refractivity contribution in [2.24, 2.45) is 4.99 Å². The van der Waals surface area contributed by atoms with Crippen LogP contribution in [0.4, 0.5) is 0 Å². The van der Waals surface area contributed by atoms with Crippen LogP contribution >= 0.6 is 23.2 Å². The monoisotopic (exact) mass is 437 g/mol. The van der Waals surface area contributed by atoms with E-state index in [0.717, 1.165) is 12.0 Å². The van der Waals surface area contributed by atoms with Gasteiger partial charge in [-0.2, -0.15) is 0 Å². The highest BCUT2D eigenvalue weighted by molar-refractivity contribution is 6.37. The van der Waals surface area contributed by atoms with Crippen molar-refractivity contribution in [3.05, 3.63) is 105 Å². The van der Waals surface area contributed by atoms with Gasteiger partial charge in [-0.3, -0.25) is 0 Å². The van der Waals surface area contributed by atoms with Crippen molar-refractivity contribution in [3.8, 4) is 5.75 Å². The molecule has 0 amide bonds. The minimum atomic E-state index is -0.546. The molecule has 30 heavy (non-hydrogen) atoms. The highest BCUT2D eigenvalue weighted by Crippen LogP contribution is 2.28. The molecule has 0 saturated heterocycles. The van der Waals surface area contributed by atoms with Crippen molar-refractivity contribution in [3.63, 3.8) is 0 Å². The van der Waals surface area contributed by atoms with Gasteiger partial charge in [0.2, 0.25) is 5.90 Å². The standard InChI is InChI=1S/C24H17Cl2NO3/c25-18-10-11-19(20(26)15-18)23-27-21(24(28)30-23)14-17-8-4-5-9-22(17)29-13-12-16-6-2-1-3-7-16/h1-11,14-15H,12-13H2/b21-14-. The minimum Gasteiger partial charge on any atom is -0.493 e. The molecule has 0 N–H and O–H groups in total. The predicted molar refractivity (Wildman–Crippen MR) is 119 cm³/mol. The molecule has 0 atom stereocenters. The zero-order chi connectivity index (χ0) is 20.9. The molecule has 0 radical (unpaired) electrons. The molecule has 0 saturated carbocycles. The maximum absolute atomic E-state index is 12.3. The number of esters is 1. The smallest absolute Gasteiger partial charge is 0.363 e. The van der Waals surface area contributed by atoms with Crippen molar-refractivity contribution in [1.29, 1.82) is 0 Å². The normalized spacial score (nSPS) is 14.5. The molecule has 1 aliphatic heterocycles. The molecule has 1 heterocycles. The predicted octanol–water partition coefficient (Wildman–Crippen LogP) is 5.96. The Kier molecular flexibility index (Phi) is 6.17. The van der Waals surface area contributed by atoms with Crippen LogP contribution < -0.4 is 4.74 Å². The van der Waals surface area contributed by atoms with Crippen LogP contribution in [0.25, 0.3) is 6.08 Å². The highest BCUT2D eigenvalue weighted by Gasteiger charge is 2.26. The van der Waals surface area contributed by atoms with E-state index in [1.807, 2.05) is 42.5 Å². The summed E-state index contributed by atoms with van der Waals surface area (Å²) in [6, 6.07) is 22.5. The molecule has 0 spiro atoms. The first-order chi connectivity index (χ1) is 14.6. The lowest BCUT2D eigenvalue weighted by atomic mass is 10.1. The Bertz CT molecular complexity index is 1140. The summed E-state index contributed by atoms with van der Waals surface area (Å²) in [6.07, 6.45) is 2.43. The van der Waals surface area contributed by atoms with Gasteiger partial charge in [-0.05, 0) is 35.9 Å². The first-order valence-corrected chi connectivity index (χ1v) is 10.1. The van der Waals surface area contributed by atoms with Gasteiger partial charge in [0, 0.05) is 17.0 Å². The maximum Gasteiger partial charge on any atom is 0.363 e. The molecule has 4 rings (SSSR count). The molecule has 0 fully saturated rings. The molecule has 1 aliphatic rings. The topological polar surface area (TPSA) is 47.9 Å². The number of benzene rings is 3. The quantitative estimate of drug-likeness (QED) is 0.353. The molecular weight excluding hydrogens is 421 g/mol. The Morgan fingerprint density at radius 1 is 0.967 bits per heavy atom. The number of nitrogens with zero attached hydrogens (tertiary/aromatic N) is 1. The number of aliphatic imine (C=N–C) groups is 1. The zero-order valence-electron chi connectivity index (χ0n) is 15.8. The fourth-order valence-electron chi connectivity index (χ4n) is 2.99. The van der Waals surface area contributed by atoms with Gasteiger partial charge >= 0.3 is 5.97 Å². The number of hydrogen-bond donors (Lipinski definition) is 0. The fourth-order valence-corrected chi connectivity index (χ4v) is 3.48. The lowest BCUT2D eigenvalue weighted by Gasteiger charge is -2.09. The van der Waals surface area contributed by atoms with E-state index in [1.54, 1.807) is 24.3 Å². The number of carbonyl (C=O) groups is 1. The average Bonchev–Trinajstić information content (AvgIpc) is 3.10. The van der Waals surface area contributed by atoms with E-state index in [9.17, 15) is 4.79 Å². The van der Waals surface area contributed by atoms with E-state index < -0.39 is 5.97 Å². The Morgan fingerprint density at radius 3 is 2.53 bits per heavy atom. The second kappa shape index (κ2) is 9.16. The van der Waals surface area contributed by atoms with Gasteiger partial charge in [0.25, 0.3) is 0 Å². The summed E-state index contributed by atoms with van der Waals surface area (Å²) in [5.74, 6) is 0.271. The van der Waals surface area contributed by atoms with E-state index in [2.05, 4.69) is 17.1 Å². The Hall–Kier alpha value is -3.08. The van der Waals surface area contributed by atoms with Gasteiger partial charge in [-0.1, -0.05) is 71.7 Å². The van der Waals surface area contributed by atoms with Crippen LogP contribution in [-0.2, 0) is 16.0 Å². The molecule has 0 unspecified atom stereocenters. The second-order valence-electron chi connectivity index (χ2n) is 6.58. The minimum absolute atomic E-state index is 0.149. The van der Waals surface area contributed by atoms with Crippen LogP contribution in [0.3, 0.4) is 0 Å². The van der Waals surface area contributed by atoms with Crippen LogP contribution in [0.1, 0.15) is 16.7 Å². The first-order valence-electron chi connectivity index (χ1n) is 9.34. The summed E-state index contributed by atoms with van der Waals surface area (Å²) in [5.41, 5.74) is 2.62. The summed E-state index contributed by atoms with van der Waals surface area (Å²) in [4.78, 5) is 16.7. The Labute approximate surface area is 184 Å². The summed E-state index contributed by atoms with van der Waals surface area (Å²) in [6.45, 7) is 0.517. The molecule has 3 aromatic rings. The number of cyclic esters (lactones) is 1. The largest absolute Gasteiger partial charge is 0.493 e. The van der Waals surface area contributed by atoms with Crippen molar-refractivity contribution >= 4 is 41.1 Å². The number of carbonyl (C=O) groups excluding carboxylic acids is 1. The summed E-state index contributed by atoms with van der Waals surface area (Å²) in [7, 11) is 0. The number of ether oxygens (including phenoxy) is 2. The molecule has 0 aliphatic carbocycles. The van der Waals surface area contributed by atoms with Crippen LogP contribution in [-0.4, -0.2) is 18.5 Å². The van der Waals surface area contributed by atoms with Crippen LogP contribution in [0, 0.1) is 0 Å². The van der Waals surface area contributed by atoms with Crippen LogP contribution in [0.5, 0.6) is 5.75 Å². The van der Waals surface area contributed by atoms with Crippen molar-refractivity contribution in [2.75, 3.05) is 6.61 Å². The molecule has 4 nitrogen and oxygen atoms in total. The summed E-state index contributed by atoms with van der Waals surface area (Å²) >= 11 is 12.1. The van der Waals surface area contributed by atoms with Gasteiger partial charge in [0.1, 0.15) is 5.75 Å². The van der Waals surface area contributed by atoms with Gasteiger partial charge in [0.15, 0.2) is 5.70 Å². The lowest BCUT2D eigenvalue weighted by molar-refractivity contribution is -0.129. The first kappa shape index (κ1) is 20.2. The molecule has 3 aromatic carbocycles. The Balaban J connectivity index is 1.54. The summed E-state index contributed by atoms with van der Waals surface area (Å²) in [5, 5.41) is 0.853. The number of hydrogen-bond acceptors (Lipinski definition) is 4. The number of halogens is 2. The number of rotatable bonds is 6. The fraction of sp³-hybridized carbons (Fsp3) is 0.0833. The van der Waals surface area contributed by atoms with Crippen molar-refractivity contribution in [2.45, 2.75) is 6.42 Å². The maximum atomic E-state index is 12.3. The van der Waals surface area contributed by atoms with E-state index in [0.29, 0.717) is 28.0 Å². The number of para-hydroxylation sites is 1. The van der Waals surface area contributed by atoms with E-state index in [1.165, 1.54) is 5.56 Å². The SMILES string of the molecule is O=C1OC(c2ccc(Cl)cc2Cl)=N/C1=C\c1ccccc1OCCc1ccccc1. The zero-order valence-corrected chi connectivity index (χ0v) is 17.4. The molecule has 150 valence electrons.